The number of carbonyl (C=O) groups excluding carboxylic acids is 1. The molecular weight excluding hydrogens is 399 g/mol. The van der Waals surface area contributed by atoms with Crippen LogP contribution in [0.5, 0.6) is 0 Å². The molecule has 0 bridgehead atoms. The predicted octanol–water partition coefficient (Wildman–Crippen LogP) is 5.26. The molecule has 27 heavy (non-hydrogen) atoms. The Morgan fingerprint density at radius 2 is 1.78 bits per heavy atom. The number of carbonyl (C=O) groups is 1. The lowest BCUT2D eigenvalue weighted by Gasteiger charge is -2.32. The minimum absolute atomic E-state index is 0.130. The fourth-order valence-corrected chi connectivity index (χ4v) is 4.51. The highest BCUT2D eigenvalue weighted by atomic mass is 35.5. The van der Waals surface area contributed by atoms with E-state index in [0.29, 0.717) is 6.42 Å². The molecule has 3 rings (SSSR count). The third kappa shape index (κ3) is 6.72. The highest BCUT2D eigenvalue weighted by Gasteiger charge is 2.20. The van der Waals surface area contributed by atoms with Gasteiger partial charge in [-0.3, -0.25) is 9.69 Å². The molecule has 1 aliphatic rings. The van der Waals surface area contributed by atoms with E-state index in [1.165, 1.54) is 5.56 Å². The van der Waals surface area contributed by atoms with E-state index in [4.69, 9.17) is 23.2 Å². The van der Waals surface area contributed by atoms with Crippen molar-refractivity contribution in [1.29, 1.82) is 0 Å². The second kappa shape index (κ2) is 10.4. The van der Waals surface area contributed by atoms with Crippen LogP contribution < -0.4 is 5.32 Å². The highest BCUT2D eigenvalue weighted by molar-refractivity contribution is 7.99. The zero-order valence-electron chi connectivity index (χ0n) is 15.2. The van der Waals surface area contributed by atoms with Gasteiger partial charge in [0, 0.05) is 47.8 Å². The van der Waals surface area contributed by atoms with Gasteiger partial charge in [-0.25, -0.2) is 0 Å². The van der Waals surface area contributed by atoms with Crippen molar-refractivity contribution < 1.29 is 4.79 Å². The monoisotopic (exact) mass is 422 g/mol. The molecule has 6 heteroatoms. The van der Waals surface area contributed by atoms with Crippen LogP contribution in [0.25, 0.3) is 0 Å². The minimum Gasteiger partial charge on any atom is -0.353 e. The SMILES string of the molecule is O=C(CCSc1ccccc1Cl)NC1CCN(Cc2ccc(Cl)cc2)CC1. The number of amides is 1. The summed E-state index contributed by atoms with van der Waals surface area (Å²) in [5.74, 6) is 0.871. The molecule has 1 amide bonds. The maximum Gasteiger partial charge on any atom is 0.221 e. The van der Waals surface area contributed by atoms with E-state index in [9.17, 15) is 4.79 Å². The van der Waals surface area contributed by atoms with E-state index in [0.717, 1.165) is 53.2 Å². The zero-order chi connectivity index (χ0) is 19.1. The molecule has 1 heterocycles. The summed E-state index contributed by atoms with van der Waals surface area (Å²) in [7, 11) is 0. The molecule has 2 aromatic rings. The molecule has 0 saturated carbocycles. The molecule has 1 aliphatic heterocycles. The van der Waals surface area contributed by atoms with Gasteiger partial charge < -0.3 is 5.32 Å². The molecule has 2 aromatic carbocycles. The van der Waals surface area contributed by atoms with Crippen LogP contribution in [0.3, 0.4) is 0 Å². The molecule has 0 spiro atoms. The van der Waals surface area contributed by atoms with Gasteiger partial charge >= 0.3 is 0 Å². The van der Waals surface area contributed by atoms with Crippen LogP contribution in [-0.2, 0) is 11.3 Å². The Balaban J connectivity index is 1.34. The standard InChI is InChI=1S/C21H24Cl2N2OS/c22-17-7-5-16(6-8-17)15-25-12-9-18(10-13-25)24-21(26)11-14-27-20-4-2-1-3-19(20)23/h1-8,18H,9-15H2,(H,24,26). The van der Waals surface area contributed by atoms with E-state index < -0.39 is 0 Å². The van der Waals surface area contributed by atoms with Crippen molar-refractivity contribution >= 4 is 40.9 Å². The Morgan fingerprint density at radius 3 is 2.48 bits per heavy atom. The van der Waals surface area contributed by atoms with Crippen molar-refractivity contribution in [2.75, 3.05) is 18.8 Å². The molecule has 1 fully saturated rings. The molecule has 0 aliphatic carbocycles. The minimum atomic E-state index is 0.130. The fourth-order valence-electron chi connectivity index (χ4n) is 3.20. The molecule has 1 N–H and O–H groups in total. The lowest BCUT2D eigenvalue weighted by atomic mass is 10.0. The summed E-state index contributed by atoms with van der Waals surface area (Å²) in [6, 6.07) is 16.0. The maximum atomic E-state index is 12.2. The average molecular weight is 423 g/mol. The topological polar surface area (TPSA) is 32.3 Å². The van der Waals surface area contributed by atoms with Gasteiger partial charge in [0.15, 0.2) is 0 Å². The quantitative estimate of drug-likeness (QED) is 0.617. The molecule has 0 atom stereocenters. The molecule has 0 radical (unpaired) electrons. The summed E-state index contributed by atoms with van der Waals surface area (Å²) in [4.78, 5) is 15.7. The Morgan fingerprint density at radius 1 is 1.07 bits per heavy atom. The molecule has 0 aromatic heterocycles. The summed E-state index contributed by atoms with van der Waals surface area (Å²) in [5.41, 5.74) is 1.28. The van der Waals surface area contributed by atoms with Crippen LogP contribution in [0, 0.1) is 0 Å². The lowest BCUT2D eigenvalue weighted by Crippen LogP contribution is -2.44. The van der Waals surface area contributed by atoms with Gasteiger partial charge in [0.05, 0.1) is 5.02 Å². The van der Waals surface area contributed by atoms with Gasteiger partial charge in [-0.2, -0.15) is 0 Å². The number of benzene rings is 2. The molecule has 3 nitrogen and oxygen atoms in total. The first-order chi connectivity index (χ1) is 13.1. The number of rotatable bonds is 7. The first-order valence-corrected chi connectivity index (χ1v) is 11.0. The van der Waals surface area contributed by atoms with E-state index in [1.54, 1.807) is 11.8 Å². The fraction of sp³-hybridized carbons (Fsp3) is 0.381. The Bertz CT molecular complexity index is 746. The van der Waals surface area contributed by atoms with Crippen molar-refractivity contribution in [1.82, 2.24) is 10.2 Å². The van der Waals surface area contributed by atoms with Gasteiger partial charge in [-0.1, -0.05) is 47.5 Å². The summed E-state index contributed by atoms with van der Waals surface area (Å²) < 4.78 is 0. The maximum absolute atomic E-state index is 12.2. The first kappa shape index (κ1) is 20.5. The number of nitrogens with one attached hydrogen (secondary N) is 1. The number of likely N-dealkylation sites (tertiary alicyclic amines) is 1. The van der Waals surface area contributed by atoms with E-state index in [-0.39, 0.29) is 11.9 Å². The predicted molar refractivity (Wildman–Crippen MR) is 115 cm³/mol. The molecule has 0 unspecified atom stereocenters. The Kier molecular flexibility index (Phi) is 7.89. The van der Waals surface area contributed by atoms with Crippen LogP contribution in [0.2, 0.25) is 10.0 Å². The number of nitrogens with zero attached hydrogens (tertiary/aromatic N) is 1. The number of halogens is 2. The Labute approximate surface area is 175 Å². The second-order valence-electron chi connectivity index (χ2n) is 6.77. The Hall–Kier alpha value is -1.20. The molecule has 144 valence electrons. The number of hydrogen-bond acceptors (Lipinski definition) is 3. The van der Waals surface area contributed by atoms with Crippen LogP contribution >= 0.6 is 35.0 Å². The smallest absolute Gasteiger partial charge is 0.221 e. The first-order valence-electron chi connectivity index (χ1n) is 9.23. The summed E-state index contributed by atoms with van der Waals surface area (Å²) in [6.07, 6.45) is 2.51. The number of piperidine rings is 1. The van der Waals surface area contributed by atoms with E-state index in [1.807, 2.05) is 36.4 Å². The van der Waals surface area contributed by atoms with Crippen molar-refractivity contribution in [2.45, 2.75) is 36.7 Å². The van der Waals surface area contributed by atoms with E-state index >= 15 is 0 Å². The van der Waals surface area contributed by atoms with Crippen LogP contribution in [0.4, 0.5) is 0 Å². The molecule has 1 saturated heterocycles. The summed E-state index contributed by atoms with van der Waals surface area (Å²) in [6.45, 7) is 2.94. The van der Waals surface area contributed by atoms with Crippen molar-refractivity contribution in [3.63, 3.8) is 0 Å². The van der Waals surface area contributed by atoms with Crippen molar-refractivity contribution in [3.05, 3.63) is 64.1 Å². The number of thioether (sulfide) groups is 1. The van der Waals surface area contributed by atoms with Crippen LogP contribution in [0.15, 0.2) is 53.4 Å². The van der Waals surface area contributed by atoms with Gasteiger partial charge in [0.2, 0.25) is 5.91 Å². The second-order valence-corrected chi connectivity index (χ2v) is 8.75. The summed E-state index contributed by atoms with van der Waals surface area (Å²) in [5, 5.41) is 4.70. The largest absolute Gasteiger partial charge is 0.353 e. The normalized spacial score (nSPS) is 15.6. The molecular formula is C21H24Cl2N2OS. The lowest BCUT2D eigenvalue weighted by molar-refractivity contribution is -0.121. The van der Waals surface area contributed by atoms with Crippen LogP contribution in [-0.4, -0.2) is 35.7 Å². The van der Waals surface area contributed by atoms with Gasteiger partial charge in [0.1, 0.15) is 0 Å². The summed E-state index contributed by atoms with van der Waals surface area (Å²) >= 11 is 13.7. The third-order valence-corrected chi connectivity index (χ3v) is 6.46. The van der Waals surface area contributed by atoms with E-state index in [2.05, 4.69) is 22.3 Å². The number of hydrogen-bond donors (Lipinski definition) is 1. The zero-order valence-corrected chi connectivity index (χ0v) is 17.5. The highest BCUT2D eigenvalue weighted by Crippen LogP contribution is 2.27. The van der Waals surface area contributed by atoms with Gasteiger partial charge in [-0.15, -0.1) is 11.8 Å². The van der Waals surface area contributed by atoms with Crippen LogP contribution in [0.1, 0.15) is 24.8 Å². The van der Waals surface area contributed by atoms with Gasteiger partial charge in [-0.05, 0) is 42.7 Å². The third-order valence-electron chi connectivity index (χ3n) is 4.70. The van der Waals surface area contributed by atoms with Crippen molar-refractivity contribution in [2.24, 2.45) is 0 Å². The van der Waals surface area contributed by atoms with Crippen molar-refractivity contribution in [3.8, 4) is 0 Å². The average Bonchev–Trinajstić information content (AvgIpc) is 2.67. The van der Waals surface area contributed by atoms with Gasteiger partial charge in [0.25, 0.3) is 0 Å².